The van der Waals surface area contributed by atoms with Crippen LogP contribution in [0, 0.1) is 17.0 Å². The number of hydrogen-bond donors (Lipinski definition) is 0. The summed E-state index contributed by atoms with van der Waals surface area (Å²) in [6.45, 7) is 16.2. The van der Waals surface area contributed by atoms with Gasteiger partial charge in [0.1, 0.15) is 28.6 Å². The van der Waals surface area contributed by atoms with Gasteiger partial charge >= 0.3 is 6.01 Å². The average molecular weight is 721 g/mol. The van der Waals surface area contributed by atoms with E-state index in [0.29, 0.717) is 65.0 Å². The summed E-state index contributed by atoms with van der Waals surface area (Å²) in [5.41, 5.74) is 0.698. The van der Waals surface area contributed by atoms with Gasteiger partial charge < -0.3 is 28.3 Å². The van der Waals surface area contributed by atoms with E-state index in [1.165, 1.54) is 13.2 Å². The summed E-state index contributed by atoms with van der Waals surface area (Å²) in [4.78, 5) is 16.5. The zero-order valence-corrected chi connectivity index (χ0v) is 32.0. The van der Waals surface area contributed by atoms with Crippen molar-refractivity contribution in [1.29, 1.82) is 0 Å². The molecule has 274 valence electrons. The van der Waals surface area contributed by atoms with Crippen LogP contribution in [0.25, 0.3) is 32.9 Å². The predicted octanol–water partition coefficient (Wildman–Crippen LogP) is 8.61. The second-order valence-electron chi connectivity index (χ2n) is 16.2. The Labute approximate surface area is 300 Å². The normalized spacial score (nSPS) is 20.2. The monoisotopic (exact) mass is 720 g/mol. The fraction of sp³-hybridized carbons (Fsp3) is 0.564. The van der Waals surface area contributed by atoms with E-state index in [1.54, 1.807) is 24.4 Å². The van der Waals surface area contributed by atoms with Crippen LogP contribution in [0.1, 0.15) is 65.4 Å². The topological polar surface area (TPSA) is 88.1 Å². The molecule has 3 fully saturated rings. The molecule has 0 amide bonds. The molecule has 3 aliphatic rings. The number of benzene rings is 2. The summed E-state index contributed by atoms with van der Waals surface area (Å²) in [6, 6.07) is 6.72. The van der Waals surface area contributed by atoms with E-state index in [-0.39, 0.29) is 45.9 Å². The average Bonchev–Trinajstić information content (AvgIpc) is 3.88. The minimum atomic E-state index is -1.95. The first-order chi connectivity index (χ1) is 24.3. The zero-order chi connectivity index (χ0) is 36.2. The van der Waals surface area contributed by atoms with E-state index >= 15 is 8.78 Å². The minimum absolute atomic E-state index is 0.00114. The summed E-state index contributed by atoms with van der Waals surface area (Å²) < 4.78 is 62.4. The van der Waals surface area contributed by atoms with Crippen molar-refractivity contribution in [1.82, 2.24) is 15.0 Å². The zero-order valence-electron chi connectivity index (χ0n) is 31.0. The number of pyridine rings is 1. The Morgan fingerprint density at radius 3 is 2.47 bits per heavy atom. The van der Waals surface area contributed by atoms with E-state index < -0.39 is 14.1 Å². The standard InChI is InChI=1S/C39H50F2N4O5Si/c1-8-27-30(40)11-10-25-18-26(48-24-46-5)19-28(31(25)27)33-32(41)34-29(20-42-33)35(45-16-9-12-39(21-45)15-17-49-39)44-36(43-34)47-22-38(13-14-38)23-50-51(6,7)37(2,3)4/h10-11,18-20H,8-9,12-17,21-24H2,1-7H3. The number of piperidine rings is 1. The Morgan fingerprint density at radius 1 is 1.02 bits per heavy atom. The van der Waals surface area contributed by atoms with Gasteiger partial charge in [0.15, 0.2) is 20.9 Å². The summed E-state index contributed by atoms with van der Waals surface area (Å²) in [5.74, 6) is 0.0382. The molecular weight excluding hydrogens is 671 g/mol. The van der Waals surface area contributed by atoms with E-state index in [9.17, 15) is 0 Å². The van der Waals surface area contributed by atoms with Crippen molar-refractivity contribution >= 4 is 35.8 Å². The molecule has 1 saturated carbocycles. The quantitative estimate of drug-likeness (QED) is 0.105. The maximum absolute atomic E-state index is 17.2. The van der Waals surface area contributed by atoms with Gasteiger partial charge in [0, 0.05) is 50.4 Å². The first-order valence-corrected chi connectivity index (χ1v) is 21.1. The van der Waals surface area contributed by atoms with Gasteiger partial charge in [-0.2, -0.15) is 9.97 Å². The van der Waals surface area contributed by atoms with Crippen molar-refractivity contribution in [2.75, 3.05) is 51.7 Å². The lowest BCUT2D eigenvalue weighted by molar-refractivity contribution is -0.151. The minimum Gasteiger partial charge on any atom is -0.468 e. The van der Waals surface area contributed by atoms with Crippen molar-refractivity contribution in [3.8, 4) is 23.0 Å². The van der Waals surface area contributed by atoms with Gasteiger partial charge in [-0.25, -0.2) is 8.78 Å². The third-order valence-electron chi connectivity index (χ3n) is 11.6. The maximum atomic E-state index is 17.2. The molecule has 1 atom stereocenters. The molecule has 0 N–H and O–H groups in total. The van der Waals surface area contributed by atoms with Gasteiger partial charge in [0.05, 0.1) is 24.2 Å². The van der Waals surface area contributed by atoms with Crippen LogP contribution in [0.4, 0.5) is 14.6 Å². The number of hydrogen-bond acceptors (Lipinski definition) is 9. The van der Waals surface area contributed by atoms with E-state index in [4.69, 9.17) is 38.3 Å². The highest BCUT2D eigenvalue weighted by molar-refractivity contribution is 6.74. The molecule has 1 aliphatic carbocycles. The number of fused-ring (bicyclic) bond motifs is 2. The van der Waals surface area contributed by atoms with Crippen molar-refractivity contribution in [2.45, 2.75) is 90.0 Å². The summed E-state index contributed by atoms with van der Waals surface area (Å²) in [7, 11) is -0.422. The number of rotatable bonds is 12. The molecule has 1 spiro atoms. The molecule has 51 heavy (non-hydrogen) atoms. The SMILES string of the molecule is CCc1c(F)ccc2cc(OCOC)cc(-c3ncc4c(N5CCCC6(CCO6)C5)nc(OCC5(CO[Si](C)(C)C(C)(C)C)CC5)nc4c3F)c12. The second-order valence-corrected chi connectivity index (χ2v) is 21.0. The van der Waals surface area contributed by atoms with Crippen LogP contribution in [-0.2, 0) is 20.3 Å². The number of halogens is 2. The third-order valence-corrected chi connectivity index (χ3v) is 16.0. The lowest BCUT2D eigenvalue weighted by atomic mass is 9.86. The van der Waals surface area contributed by atoms with Crippen LogP contribution < -0.4 is 14.4 Å². The Balaban J connectivity index is 1.31. The molecule has 4 heterocycles. The summed E-state index contributed by atoms with van der Waals surface area (Å²) in [6.07, 6.45) is 6.90. The molecule has 1 unspecified atom stereocenters. The van der Waals surface area contributed by atoms with Crippen molar-refractivity contribution in [2.24, 2.45) is 5.41 Å². The lowest BCUT2D eigenvalue weighted by Crippen LogP contribution is -2.56. The molecule has 4 aromatic rings. The third kappa shape index (κ3) is 6.92. The molecule has 0 bridgehead atoms. The largest absolute Gasteiger partial charge is 0.468 e. The Bertz CT molecular complexity index is 1940. The molecule has 2 aliphatic heterocycles. The van der Waals surface area contributed by atoms with Gasteiger partial charge in [0.2, 0.25) is 0 Å². The number of ether oxygens (including phenoxy) is 4. The van der Waals surface area contributed by atoms with Crippen molar-refractivity contribution in [3.63, 3.8) is 0 Å². The number of methoxy groups -OCH3 is 1. The van der Waals surface area contributed by atoms with Gasteiger partial charge in [0.25, 0.3) is 0 Å². The van der Waals surface area contributed by atoms with E-state index in [2.05, 4.69) is 38.8 Å². The first-order valence-electron chi connectivity index (χ1n) is 18.2. The van der Waals surface area contributed by atoms with Crippen LogP contribution in [-0.4, -0.2) is 75.7 Å². The summed E-state index contributed by atoms with van der Waals surface area (Å²) in [5, 5.41) is 1.88. The number of aromatic nitrogens is 3. The molecule has 7 rings (SSSR count). The highest BCUT2D eigenvalue weighted by Gasteiger charge is 2.48. The highest BCUT2D eigenvalue weighted by atomic mass is 28.4. The predicted molar refractivity (Wildman–Crippen MR) is 197 cm³/mol. The van der Waals surface area contributed by atoms with Crippen LogP contribution in [0.5, 0.6) is 11.8 Å². The molecule has 12 heteroatoms. The van der Waals surface area contributed by atoms with Crippen LogP contribution >= 0.6 is 0 Å². The van der Waals surface area contributed by atoms with Crippen LogP contribution in [0.3, 0.4) is 0 Å². The molecule has 2 aromatic carbocycles. The molecule has 0 radical (unpaired) electrons. The fourth-order valence-electron chi connectivity index (χ4n) is 7.01. The van der Waals surface area contributed by atoms with Gasteiger partial charge in [-0.3, -0.25) is 4.98 Å². The van der Waals surface area contributed by atoms with E-state index in [0.717, 1.165) is 45.3 Å². The van der Waals surface area contributed by atoms with Gasteiger partial charge in [-0.15, -0.1) is 0 Å². The van der Waals surface area contributed by atoms with Gasteiger partial charge in [-0.1, -0.05) is 33.8 Å². The Morgan fingerprint density at radius 2 is 1.80 bits per heavy atom. The fourth-order valence-corrected chi connectivity index (χ4v) is 8.11. The van der Waals surface area contributed by atoms with Crippen molar-refractivity contribution in [3.05, 3.63) is 47.7 Å². The highest BCUT2D eigenvalue weighted by Crippen LogP contribution is 2.48. The maximum Gasteiger partial charge on any atom is 0.319 e. The number of aryl methyl sites for hydroxylation is 1. The molecule has 2 aromatic heterocycles. The van der Waals surface area contributed by atoms with Crippen molar-refractivity contribution < 1.29 is 32.2 Å². The number of anilines is 1. The second kappa shape index (κ2) is 13.5. The van der Waals surface area contributed by atoms with Crippen LogP contribution in [0.15, 0.2) is 30.5 Å². The Hall–Kier alpha value is -3.45. The van der Waals surface area contributed by atoms with E-state index in [1.807, 2.05) is 6.92 Å². The Kier molecular flexibility index (Phi) is 9.52. The number of nitrogens with zero attached hydrogens (tertiary/aromatic N) is 4. The summed E-state index contributed by atoms with van der Waals surface area (Å²) >= 11 is 0. The smallest absolute Gasteiger partial charge is 0.319 e. The first kappa shape index (κ1) is 35.9. The van der Waals surface area contributed by atoms with Crippen LogP contribution in [0.2, 0.25) is 18.1 Å². The molecular formula is C39H50F2N4O5Si. The molecule has 2 saturated heterocycles. The molecule has 9 nitrogen and oxygen atoms in total. The van der Waals surface area contributed by atoms with Gasteiger partial charge in [-0.05, 0) is 84.8 Å². The lowest BCUT2D eigenvalue weighted by Gasteiger charge is -2.48.